The quantitative estimate of drug-likeness (QED) is 0.341. The Hall–Kier alpha value is -2.82. The van der Waals surface area contributed by atoms with E-state index in [1.807, 2.05) is 25.1 Å². The summed E-state index contributed by atoms with van der Waals surface area (Å²) in [6, 6.07) is 12.6. The van der Waals surface area contributed by atoms with Crippen molar-refractivity contribution in [2.24, 2.45) is 0 Å². The van der Waals surface area contributed by atoms with E-state index in [4.69, 9.17) is 9.47 Å². The molecule has 168 valence electrons. The molecule has 1 atom stereocenters. The highest BCUT2D eigenvalue weighted by atomic mass is 16.5. The van der Waals surface area contributed by atoms with Crippen LogP contribution in [0.2, 0.25) is 0 Å². The number of benzene rings is 2. The number of carbonyl (C=O) groups excluding carboxylic acids is 2. The van der Waals surface area contributed by atoms with Crippen LogP contribution in [0, 0.1) is 6.92 Å². The van der Waals surface area contributed by atoms with Gasteiger partial charge in [0.15, 0.2) is 6.10 Å². The highest BCUT2D eigenvalue weighted by molar-refractivity contribution is 5.95. The third kappa shape index (κ3) is 7.74. The lowest BCUT2D eigenvalue weighted by atomic mass is 9.98. The first-order valence-electron chi connectivity index (χ1n) is 11.2. The van der Waals surface area contributed by atoms with E-state index in [9.17, 15) is 9.59 Å². The van der Waals surface area contributed by atoms with Crippen LogP contribution in [0.15, 0.2) is 42.5 Å². The number of nitrogens with one attached hydrogen (secondary N) is 1. The van der Waals surface area contributed by atoms with Gasteiger partial charge >= 0.3 is 5.97 Å². The number of aryl methyl sites for hydroxylation is 1. The van der Waals surface area contributed by atoms with Gasteiger partial charge in [-0.2, -0.15) is 0 Å². The zero-order valence-corrected chi connectivity index (χ0v) is 19.4. The van der Waals surface area contributed by atoms with E-state index < -0.39 is 6.10 Å². The second-order valence-corrected chi connectivity index (χ2v) is 8.20. The van der Waals surface area contributed by atoms with Crippen molar-refractivity contribution in [1.29, 1.82) is 0 Å². The van der Waals surface area contributed by atoms with Crippen molar-refractivity contribution in [2.45, 2.75) is 72.3 Å². The molecular formula is C26H35NO4. The normalized spacial score (nSPS) is 11.8. The lowest BCUT2D eigenvalue weighted by Gasteiger charge is -2.17. The van der Waals surface area contributed by atoms with Crippen molar-refractivity contribution in [3.05, 3.63) is 59.2 Å². The van der Waals surface area contributed by atoms with Gasteiger partial charge in [-0.05, 0) is 73.7 Å². The second-order valence-electron chi connectivity index (χ2n) is 8.20. The van der Waals surface area contributed by atoms with Crippen LogP contribution in [0.1, 0.15) is 80.8 Å². The fraction of sp³-hybridized carbons (Fsp3) is 0.462. The molecule has 1 amide bonds. The molecule has 0 fully saturated rings. The fourth-order valence-electron chi connectivity index (χ4n) is 3.34. The van der Waals surface area contributed by atoms with Gasteiger partial charge in [0, 0.05) is 5.69 Å². The van der Waals surface area contributed by atoms with Crippen molar-refractivity contribution >= 4 is 17.6 Å². The summed E-state index contributed by atoms with van der Waals surface area (Å²) in [5, 5.41) is 2.82. The molecule has 5 heteroatoms. The van der Waals surface area contributed by atoms with E-state index in [0.29, 0.717) is 29.5 Å². The Balaban J connectivity index is 1.86. The number of esters is 1. The summed E-state index contributed by atoms with van der Waals surface area (Å²) in [6.45, 7) is 10.6. The van der Waals surface area contributed by atoms with Crippen molar-refractivity contribution in [3.8, 4) is 5.75 Å². The first-order chi connectivity index (χ1) is 14.8. The molecule has 0 aromatic heterocycles. The number of carbonyl (C=O) groups is 2. The lowest BCUT2D eigenvalue weighted by Crippen LogP contribution is -2.30. The topological polar surface area (TPSA) is 64.6 Å². The summed E-state index contributed by atoms with van der Waals surface area (Å²) in [5.41, 5.74) is 3.49. The molecule has 2 aromatic carbocycles. The Morgan fingerprint density at radius 1 is 0.968 bits per heavy atom. The zero-order chi connectivity index (χ0) is 22.8. The van der Waals surface area contributed by atoms with Gasteiger partial charge < -0.3 is 14.8 Å². The lowest BCUT2D eigenvalue weighted by molar-refractivity contribution is -0.122. The van der Waals surface area contributed by atoms with Crippen LogP contribution in [-0.4, -0.2) is 24.6 Å². The maximum Gasteiger partial charge on any atom is 0.338 e. The molecule has 0 spiro atoms. The van der Waals surface area contributed by atoms with Crippen LogP contribution in [0.25, 0.3) is 0 Å². The number of unbranched alkanes of at least 4 members (excludes halogenated alkanes) is 3. The average Bonchev–Trinajstić information content (AvgIpc) is 2.73. The van der Waals surface area contributed by atoms with Gasteiger partial charge in [-0.3, -0.25) is 4.79 Å². The maximum atomic E-state index is 12.5. The largest absolute Gasteiger partial charge is 0.481 e. The predicted octanol–water partition coefficient (Wildman–Crippen LogP) is 6.26. The van der Waals surface area contributed by atoms with Gasteiger partial charge in [0.05, 0.1) is 12.2 Å². The van der Waals surface area contributed by atoms with Crippen molar-refractivity contribution in [1.82, 2.24) is 0 Å². The average molecular weight is 426 g/mol. The number of hydrogen-bond acceptors (Lipinski definition) is 4. The summed E-state index contributed by atoms with van der Waals surface area (Å²) in [7, 11) is 0. The van der Waals surface area contributed by atoms with Crippen molar-refractivity contribution < 1.29 is 19.1 Å². The Kier molecular flexibility index (Phi) is 9.57. The summed E-state index contributed by atoms with van der Waals surface area (Å²) < 4.78 is 11.1. The summed E-state index contributed by atoms with van der Waals surface area (Å²) in [6.07, 6.45) is 3.59. The molecule has 0 aliphatic heterocycles. The minimum absolute atomic E-state index is 0.253. The predicted molar refractivity (Wildman–Crippen MR) is 125 cm³/mol. The molecule has 0 aliphatic carbocycles. The molecule has 0 saturated carbocycles. The Morgan fingerprint density at radius 2 is 1.68 bits per heavy atom. The van der Waals surface area contributed by atoms with Crippen LogP contribution in [0.5, 0.6) is 5.75 Å². The first-order valence-corrected chi connectivity index (χ1v) is 11.2. The Labute approximate surface area is 186 Å². The van der Waals surface area contributed by atoms with Gasteiger partial charge in [-0.25, -0.2) is 4.79 Å². The summed E-state index contributed by atoms with van der Waals surface area (Å²) >= 11 is 0. The monoisotopic (exact) mass is 425 g/mol. The minimum Gasteiger partial charge on any atom is -0.481 e. The molecule has 2 aromatic rings. The molecular weight excluding hydrogens is 390 g/mol. The van der Waals surface area contributed by atoms with Crippen molar-refractivity contribution in [3.63, 3.8) is 0 Å². The molecule has 0 bridgehead atoms. The van der Waals surface area contributed by atoms with E-state index >= 15 is 0 Å². The molecule has 1 N–H and O–H groups in total. The van der Waals surface area contributed by atoms with E-state index in [1.165, 1.54) is 5.56 Å². The van der Waals surface area contributed by atoms with Crippen LogP contribution >= 0.6 is 0 Å². The van der Waals surface area contributed by atoms with Gasteiger partial charge in [0.2, 0.25) is 0 Å². The number of hydrogen-bond donors (Lipinski definition) is 1. The molecule has 0 aliphatic rings. The van der Waals surface area contributed by atoms with E-state index in [2.05, 4.69) is 26.1 Å². The first kappa shape index (κ1) is 24.4. The highest BCUT2D eigenvalue weighted by Crippen LogP contribution is 2.24. The van der Waals surface area contributed by atoms with Gasteiger partial charge in [0.25, 0.3) is 5.91 Å². The van der Waals surface area contributed by atoms with Crippen LogP contribution in [0.4, 0.5) is 5.69 Å². The SMILES string of the molecule is CCCCCCOC(=O)c1ccc(NC(=O)C(C)Oc2ccc(C(C)C)c(C)c2)cc1. The molecule has 31 heavy (non-hydrogen) atoms. The summed E-state index contributed by atoms with van der Waals surface area (Å²) in [5.74, 6) is 0.515. The number of rotatable bonds is 11. The second kappa shape index (κ2) is 12.1. The van der Waals surface area contributed by atoms with Gasteiger partial charge in [-0.15, -0.1) is 0 Å². The van der Waals surface area contributed by atoms with Gasteiger partial charge in [-0.1, -0.05) is 46.1 Å². The Morgan fingerprint density at radius 3 is 2.29 bits per heavy atom. The zero-order valence-electron chi connectivity index (χ0n) is 19.4. The standard InChI is InChI=1S/C26H35NO4/c1-6-7-8-9-16-30-26(29)21-10-12-22(13-11-21)27-25(28)20(5)31-23-14-15-24(18(2)3)19(4)17-23/h10-15,17-18,20H,6-9,16H2,1-5H3,(H,27,28). The number of ether oxygens (including phenoxy) is 2. The highest BCUT2D eigenvalue weighted by Gasteiger charge is 2.16. The molecule has 0 radical (unpaired) electrons. The number of anilines is 1. The molecule has 0 saturated heterocycles. The smallest absolute Gasteiger partial charge is 0.338 e. The fourth-order valence-corrected chi connectivity index (χ4v) is 3.34. The van der Waals surface area contributed by atoms with Crippen LogP contribution in [0.3, 0.4) is 0 Å². The number of amides is 1. The molecule has 0 heterocycles. The van der Waals surface area contributed by atoms with E-state index in [-0.39, 0.29) is 11.9 Å². The molecule has 1 unspecified atom stereocenters. The Bertz CT molecular complexity index is 858. The van der Waals surface area contributed by atoms with E-state index in [0.717, 1.165) is 31.2 Å². The third-order valence-electron chi connectivity index (χ3n) is 5.16. The maximum absolute atomic E-state index is 12.5. The minimum atomic E-state index is -0.655. The van der Waals surface area contributed by atoms with Crippen molar-refractivity contribution in [2.75, 3.05) is 11.9 Å². The van der Waals surface area contributed by atoms with Gasteiger partial charge in [0.1, 0.15) is 5.75 Å². The summed E-state index contributed by atoms with van der Waals surface area (Å²) in [4.78, 5) is 24.6. The van der Waals surface area contributed by atoms with Crippen LogP contribution < -0.4 is 10.1 Å². The molecule has 2 rings (SSSR count). The van der Waals surface area contributed by atoms with E-state index in [1.54, 1.807) is 31.2 Å². The van der Waals surface area contributed by atoms with Crippen LogP contribution in [-0.2, 0) is 9.53 Å². The molecule has 5 nitrogen and oxygen atoms in total. The third-order valence-corrected chi connectivity index (χ3v) is 5.16.